The Bertz CT molecular complexity index is 1940. The molecule has 0 radical (unpaired) electrons. The van der Waals surface area contributed by atoms with E-state index >= 15 is 4.39 Å². The molecule has 0 unspecified atom stereocenters. The van der Waals surface area contributed by atoms with E-state index in [0.29, 0.717) is 28.0 Å². The van der Waals surface area contributed by atoms with E-state index in [-0.39, 0.29) is 11.1 Å². The van der Waals surface area contributed by atoms with Crippen LogP contribution in [0.2, 0.25) is 0 Å². The average molecular weight is 515 g/mol. The summed E-state index contributed by atoms with van der Waals surface area (Å²) in [4.78, 5) is 29.2. The molecule has 0 aliphatic heterocycles. The Labute approximate surface area is 223 Å². The number of nitrogens with two attached hydrogens (primary N) is 1. The van der Waals surface area contributed by atoms with E-state index < -0.39 is 11.7 Å². The van der Waals surface area contributed by atoms with Crippen molar-refractivity contribution >= 4 is 22.6 Å². The number of carbonyl (C=O) groups is 1. The molecule has 4 heterocycles. The first-order valence-corrected chi connectivity index (χ1v) is 12.7. The molecule has 39 heavy (non-hydrogen) atoms. The van der Waals surface area contributed by atoms with Crippen LogP contribution in [0.3, 0.4) is 0 Å². The third-order valence-corrected chi connectivity index (χ3v) is 7.69. The average Bonchev–Trinajstić information content (AvgIpc) is 3.64. The fraction of sp³-hybridized carbons (Fsp3) is 0.129. The lowest BCUT2D eigenvalue weighted by Gasteiger charge is -2.17. The molecule has 4 aromatic heterocycles. The summed E-state index contributed by atoms with van der Waals surface area (Å²) < 4.78 is 17.4. The Balaban J connectivity index is 1.26. The predicted octanol–water partition coefficient (Wildman–Crippen LogP) is 5.63. The number of carbonyl (C=O) groups excluding carboxylic acids is 1. The van der Waals surface area contributed by atoms with Crippen molar-refractivity contribution in [1.82, 2.24) is 24.3 Å². The van der Waals surface area contributed by atoms with Crippen LogP contribution < -0.4 is 5.73 Å². The Morgan fingerprint density at radius 2 is 1.74 bits per heavy atom. The number of aromatic nitrogens is 5. The maximum Gasteiger partial charge on any atom is 0.267 e. The van der Waals surface area contributed by atoms with E-state index in [4.69, 9.17) is 5.73 Å². The molecule has 0 atom stereocenters. The van der Waals surface area contributed by atoms with Gasteiger partial charge in [-0.2, -0.15) is 0 Å². The molecule has 1 aliphatic carbocycles. The van der Waals surface area contributed by atoms with Gasteiger partial charge in [-0.15, -0.1) is 0 Å². The number of aryl methyl sites for hydroxylation is 1. The van der Waals surface area contributed by atoms with Crippen molar-refractivity contribution in [2.24, 2.45) is 5.73 Å². The van der Waals surface area contributed by atoms with Gasteiger partial charge in [-0.1, -0.05) is 24.3 Å². The maximum absolute atomic E-state index is 15.3. The monoisotopic (exact) mass is 514 g/mol. The Morgan fingerprint density at radius 1 is 0.923 bits per heavy atom. The number of amides is 1. The zero-order valence-corrected chi connectivity index (χ0v) is 21.1. The van der Waals surface area contributed by atoms with Crippen molar-refractivity contribution in [3.8, 4) is 22.3 Å². The Morgan fingerprint density at radius 3 is 2.51 bits per heavy atom. The Hall–Kier alpha value is -4.98. The van der Waals surface area contributed by atoms with Crippen LogP contribution in [0.5, 0.6) is 0 Å². The number of halogens is 1. The first kappa shape index (κ1) is 23.2. The van der Waals surface area contributed by atoms with Crippen molar-refractivity contribution in [1.29, 1.82) is 0 Å². The van der Waals surface area contributed by atoms with Gasteiger partial charge < -0.3 is 5.73 Å². The molecule has 0 spiro atoms. The number of rotatable bonds is 5. The number of benzene rings is 2. The number of pyridine rings is 2. The highest BCUT2D eigenvalue weighted by molar-refractivity contribution is 5.92. The van der Waals surface area contributed by atoms with Gasteiger partial charge in [-0.25, -0.2) is 14.4 Å². The van der Waals surface area contributed by atoms with Crippen molar-refractivity contribution < 1.29 is 9.18 Å². The summed E-state index contributed by atoms with van der Waals surface area (Å²) in [5, 5.41) is 1.11. The number of imidazole rings is 1. The second kappa shape index (κ2) is 8.52. The molecule has 2 N–H and O–H groups in total. The number of hydrogen-bond donors (Lipinski definition) is 1. The minimum absolute atomic E-state index is 0.138. The summed E-state index contributed by atoms with van der Waals surface area (Å²) in [7, 11) is 0. The van der Waals surface area contributed by atoms with Crippen LogP contribution in [0.1, 0.15) is 40.2 Å². The molecule has 7 nitrogen and oxygen atoms in total. The van der Waals surface area contributed by atoms with Gasteiger partial charge in [0, 0.05) is 52.3 Å². The van der Waals surface area contributed by atoms with Gasteiger partial charge in [0.25, 0.3) is 5.91 Å². The predicted molar refractivity (Wildman–Crippen MR) is 147 cm³/mol. The third kappa shape index (κ3) is 3.75. The number of fused-ring (bicyclic) bond motifs is 2. The van der Waals surface area contributed by atoms with Gasteiger partial charge in [0.05, 0.1) is 17.4 Å². The van der Waals surface area contributed by atoms with E-state index in [9.17, 15) is 4.79 Å². The number of hydrogen-bond acceptors (Lipinski definition) is 5. The molecule has 1 aliphatic rings. The van der Waals surface area contributed by atoms with Gasteiger partial charge in [0.2, 0.25) is 5.78 Å². The molecule has 1 fully saturated rings. The van der Waals surface area contributed by atoms with E-state index in [1.807, 2.05) is 28.9 Å². The third-order valence-electron chi connectivity index (χ3n) is 7.69. The van der Waals surface area contributed by atoms with E-state index in [1.165, 1.54) is 17.8 Å². The van der Waals surface area contributed by atoms with Gasteiger partial charge in [-0.05, 0) is 66.8 Å². The van der Waals surface area contributed by atoms with Gasteiger partial charge >= 0.3 is 0 Å². The number of primary amides is 1. The van der Waals surface area contributed by atoms with Crippen LogP contribution in [0.15, 0.2) is 85.6 Å². The van der Waals surface area contributed by atoms with Crippen LogP contribution in [-0.4, -0.2) is 30.2 Å². The van der Waals surface area contributed by atoms with Crippen molar-refractivity contribution in [3.05, 3.63) is 114 Å². The number of nitrogens with zero attached hydrogens (tertiary/aromatic N) is 5. The summed E-state index contributed by atoms with van der Waals surface area (Å²) in [6, 6.07) is 17.3. The zero-order chi connectivity index (χ0) is 26.7. The maximum atomic E-state index is 15.3. The second-order valence-electron chi connectivity index (χ2n) is 10.1. The molecule has 7 rings (SSSR count). The van der Waals surface area contributed by atoms with Crippen molar-refractivity contribution in [2.45, 2.75) is 25.2 Å². The summed E-state index contributed by atoms with van der Waals surface area (Å²) >= 11 is 0. The summed E-state index contributed by atoms with van der Waals surface area (Å²) in [5.41, 5.74) is 11.7. The fourth-order valence-corrected chi connectivity index (χ4v) is 5.48. The highest BCUT2D eigenvalue weighted by Gasteiger charge is 2.48. The molecule has 0 saturated heterocycles. The lowest BCUT2D eigenvalue weighted by molar-refractivity contribution is 0.0995. The lowest BCUT2D eigenvalue weighted by Crippen LogP contribution is -2.14. The second-order valence-corrected chi connectivity index (χ2v) is 10.1. The minimum Gasteiger partial charge on any atom is -0.364 e. The van der Waals surface area contributed by atoms with E-state index in [1.54, 1.807) is 31.5 Å². The van der Waals surface area contributed by atoms with Crippen LogP contribution in [0, 0.1) is 12.7 Å². The molecule has 6 aromatic rings. The minimum atomic E-state index is -0.609. The van der Waals surface area contributed by atoms with Gasteiger partial charge in [0.15, 0.2) is 0 Å². The lowest BCUT2D eigenvalue weighted by atomic mass is 9.91. The quantitative estimate of drug-likeness (QED) is 0.321. The smallest absolute Gasteiger partial charge is 0.267 e. The molecule has 8 heteroatoms. The zero-order valence-electron chi connectivity index (χ0n) is 21.1. The molecular formula is C31H23FN6O. The SMILES string of the molecule is Cc1cc(-c2ccc(-c3cnc4ncc(C5(c6ccc7ncccc7c6)CC5)n4c3)cc2F)cnc1C(N)=O. The molecular weight excluding hydrogens is 491 g/mol. The largest absolute Gasteiger partial charge is 0.364 e. The molecule has 1 saturated carbocycles. The van der Waals surface area contributed by atoms with Crippen molar-refractivity contribution in [3.63, 3.8) is 0 Å². The standard InChI is InChI=1S/C31H23FN6O/c1-18-11-21(14-35-28(18)29(33)39)24-6-4-19(13-25(24)32)22-15-36-30-37-16-27(38(30)17-22)31(8-9-31)23-5-7-26-20(12-23)3-2-10-34-26/h2-7,10-17H,8-9H2,1H3,(H2,33,39). The highest BCUT2D eigenvalue weighted by Crippen LogP contribution is 2.53. The molecule has 1 amide bonds. The van der Waals surface area contributed by atoms with Gasteiger partial charge in [-0.3, -0.25) is 19.2 Å². The topological polar surface area (TPSA) is 99.1 Å². The van der Waals surface area contributed by atoms with E-state index in [2.05, 4.69) is 44.2 Å². The fourth-order valence-electron chi connectivity index (χ4n) is 5.48. The molecule has 2 aromatic carbocycles. The van der Waals surface area contributed by atoms with Crippen molar-refractivity contribution in [2.75, 3.05) is 0 Å². The first-order valence-electron chi connectivity index (χ1n) is 12.7. The summed E-state index contributed by atoms with van der Waals surface area (Å²) in [6.45, 7) is 1.73. The van der Waals surface area contributed by atoms with E-state index in [0.717, 1.165) is 35.0 Å². The van der Waals surface area contributed by atoms with Gasteiger partial charge in [0.1, 0.15) is 11.5 Å². The normalized spacial score (nSPS) is 14.1. The Kier molecular flexibility index (Phi) is 5.06. The molecule has 0 bridgehead atoms. The van der Waals surface area contributed by atoms with Crippen LogP contribution >= 0.6 is 0 Å². The highest BCUT2D eigenvalue weighted by atomic mass is 19.1. The summed E-state index contributed by atoms with van der Waals surface area (Å²) in [6.07, 6.45) is 10.9. The van der Waals surface area contributed by atoms with Crippen LogP contribution in [-0.2, 0) is 5.41 Å². The van der Waals surface area contributed by atoms with Crippen LogP contribution in [0.4, 0.5) is 4.39 Å². The first-order chi connectivity index (χ1) is 18.9. The van der Waals surface area contributed by atoms with Crippen LogP contribution in [0.25, 0.3) is 38.9 Å². The summed E-state index contributed by atoms with van der Waals surface area (Å²) in [5.74, 6) is -0.396. The molecule has 190 valence electrons.